The second kappa shape index (κ2) is 18.5. The van der Waals surface area contributed by atoms with Gasteiger partial charge < -0.3 is 0 Å². The quantitative estimate of drug-likeness (QED) is 0.136. The lowest BCUT2D eigenvalue weighted by atomic mass is 9.91. The van der Waals surface area contributed by atoms with Gasteiger partial charge in [0, 0.05) is 50.3 Å². The van der Waals surface area contributed by atoms with E-state index in [0.717, 1.165) is 101 Å². The normalized spacial score (nSPS) is 11.1. The first-order valence-electron chi connectivity index (χ1n) is 22.8. The number of aryl methyl sites for hydroxylation is 2. The van der Waals surface area contributed by atoms with Gasteiger partial charge in [0.05, 0.1) is 22.8 Å². The summed E-state index contributed by atoms with van der Waals surface area (Å²) in [4.78, 5) is 30.7. The van der Waals surface area contributed by atoms with Crippen molar-refractivity contribution in [1.82, 2.24) is 29.9 Å². The Morgan fingerprint density at radius 2 is 0.529 bits per heavy atom. The van der Waals surface area contributed by atoms with Crippen LogP contribution >= 0.6 is 0 Å². The van der Waals surface area contributed by atoms with Crippen molar-refractivity contribution >= 4 is 0 Å². The van der Waals surface area contributed by atoms with E-state index in [9.17, 15) is 0 Å². The summed E-state index contributed by atoms with van der Waals surface area (Å²) < 4.78 is 0. The lowest BCUT2D eigenvalue weighted by Gasteiger charge is -2.17. The first-order chi connectivity index (χ1) is 33.5. The Morgan fingerprint density at radius 1 is 0.206 bits per heavy atom. The second-order valence-corrected chi connectivity index (χ2v) is 16.8. The van der Waals surface area contributed by atoms with E-state index in [4.69, 9.17) is 29.9 Å². The molecule has 0 fully saturated rings. The van der Waals surface area contributed by atoms with E-state index in [0.29, 0.717) is 17.5 Å². The summed E-state index contributed by atoms with van der Waals surface area (Å²) in [6.45, 7) is 4.04. The van der Waals surface area contributed by atoms with Crippen molar-refractivity contribution in [1.29, 1.82) is 0 Å². The maximum absolute atomic E-state index is 5.31. The molecule has 322 valence electrons. The molecule has 0 aliphatic heterocycles. The van der Waals surface area contributed by atoms with Gasteiger partial charge in [0.15, 0.2) is 17.5 Å². The number of hydrogen-bond donors (Lipinski definition) is 0. The molecule has 11 rings (SSSR count). The van der Waals surface area contributed by atoms with Gasteiger partial charge in [-0.15, -0.1) is 0 Å². The van der Waals surface area contributed by atoms with Crippen LogP contribution < -0.4 is 0 Å². The summed E-state index contributed by atoms with van der Waals surface area (Å²) in [7, 11) is 0. The number of benzene rings is 8. The van der Waals surface area contributed by atoms with Crippen LogP contribution in [0.3, 0.4) is 0 Å². The number of hydrogen-bond acceptors (Lipinski definition) is 6. The fourth-order valence-corrected chi connectivity index (χ4v) is 8.74. The van der Waals surface area contributed by atoms with E-state index in [-0.39, 0.29) is 0 Å². The van der Waals surface area contributed by atoms with Crippen molar-refractivity contribution in [2.45, 2.75) is 13.8 Å². The van der Waals surface area contributed by atoms with E-state index < -0.39 is 0 Å². The van der Waals surface area contributed by atoms with Crippen LogP contribution in [0.2, 0.25) is 0 Å². The molecule has 0 radical (unpaired) electrons. The molecular weight excluding hydrogens is 829 g/mol. The van der Waals surface area contributed by atoms with Crippen LogP contribution in [0.1, 0.15) is 11.4 Å². The smallest absolute Gasteiger partial charge is 0.161 e. The van der Waals surface area contributed by atoms with Crippen LogP contribution in [0.4, 0.5) is 0 Å². The van der Waals surface area contributed by atoms with Gasteiger partial charge in [-0.25, -0.2) is 29.9 Å². The highest BCUT2D eigenvalue weighted by Gasteiger charge is 2.20. The highest BCUT2D eigenvalue weighted by Crippen LogP contribution is 2.40. The highest BCUT2D eigenvalue weighted by atomic mass is 14.9. The van der Waals surface area contributed by atoms with Gasteiger partial charge in [-0.05, 0) is 71.5 Å². The molecule has 6 heteroatoms. The van der Waals surface area contributed by atoms with Gasteiger partial charge in [-0.2, -0.15) is 0 Å². The summed E-state index contributed by atoms with van der Waals surface area (Å²) in [6, 6.07) is 79.5. The van der Waals surface area contributed by atoms with Gasteiger partial charge in [0.1, 0.15) is 0 Å². The average Bonchev–Trinajstić information content (AvgIpc) is 3.41. The van der Waals surface area contributed by atoms with Crippen molar-refractivity contribution in [3.05, 3.63) is 242 Å². The van der Waals surface area contributed by atoms with E-state index in [1.54, 1.807) is 0 Å². The predicted octanol–water partition coefficient (Wildman–Crippen LogP) is 15.3. The molecule has 6 nitrogen and oxygen atoms in total. The highest BCUT2D eigenvalue weighted by molar-refractivity contribution is 5.92. The van der Waals surface area contributed by atoms with Gasteiger partial charge in [-0.3, -0.25) is 0 Å². The molecule has 8 aromatic carbocycles. The fraction of sp³-hybridized carbons (Fsp3) is 0.0323. The van der Waals surface area contributed by atoms with Crippen LogP contribution in [0, 0.1) is 13.8 Å². The van der Waals surface area contributed by atoms with Crippen molar-refractivity contribution in [2.75, 3.05) is 0 Å². The molecule has 0 amide bonds. The molecule has 0 unspecified atom stereocenters. The molecule has 0 atom stereocenters. The largest absolute Gasteiger partial charge is 0.233 e. The maximum Gasteiger partial charge on any atom is 0.161 e. The summed E-state index contributed by atoms with van der Waals surface area (Å²) >= 11 is 0. The first kappa shape index (κ1) is 41.7. The minimum Gasteiger partial charge on any atom is -0.233 e. The fourth-order valence-electron chi connectivity index (χ4n) is 8.74. The zero-order chi connectivity index (χ0) is 45.8. The van der Waals surface area contributed by atoms with E-state index in [2.05, 4.69) is 152 Å². The molecule has 11 aromatic rings. The van der Waals surface area contributed by atoms with Crippen LogP contribution in [-0.4, -0.2) is 29.9 Å². The minimum atomic E-state index is 0.631. The Morgan fingerprint density at radius 3 is 1.03 bits per heavy atom. The third-order valence-electron chi connectivity index (χ3n) is 12.1. The third kappa shape index (κ3) is 8.74. The summed E-state index contributed by atoms with van der Waals surface area (Å²) in [6.07, 6.45) is 0. The first-order valence-corrected chi connectivity index (χ1v) is 22.8. The summed E-state index contributed by atoms with van der Waals surface area (Å²) in [5.41, 5.74) is 18.5. The zero-order valence-electron chi connectivity index (χ0n) is 37.6. The standard InChI is InChI=1S/C62H44N6/c1-41-37-42(2)64-62(63-41)55-38-51(45-29-33-48(34-30-45)58-39-56(46-19-9-4-10-20-46)65-60(66-58)50-23-13-6-14-24-50)35-36-53(55)52-25-15-16-26-54(52)61-67-57(47-21-11-5-12-22-47)40-59(68-61)49-31-27-44(28-32-49)43-17-7-3-8-18-43/h3-40H,1-2H3. The topological polar surface area (TPSA) is 77.3 Å². The number of aromatic nitrogens is 6. The molecule has 0 N–H and O–H groups in total. The van der Waals surface area contributed by atoms with Crippen LogP contribution in [0.25, 0.3) is 113 Å². The van der Waals surface area contributed by atoms with Crippen molar-refractivity contribution in [2.24, 2.45) is 0 Å². The molecule has 0 saturated heterocycles. The molecule has 0 spiro atoms. The monoisotopic (exact) mass is 872 g/mol. The summed E-state index contributed by atoms with van der Waals surface area (Å²) in [5.74, 6) is 1.98. The summed E-state index contributed by atoms with van der Waals surface area (Å²) in [5, 5.41) is 0. The Balaban J connectivity index is 1.01. The lowest BCUT2D eigenvalue weighted by Crippen LogP contribution is -2.00. The molecule has 0 aliphatic rings. The SMILES string of the molecule is Cc1cc(C)nc(-c2cc(-c3ccc(-c4cc(-c5ccccc5)nc(-c5ccccc5)n4)cc3)ccc2-c2ccccc2-c2nc(-c3ccccc3)cc(-c3ccc(-c4ccccc4)cc3)n2)n1. The maximum atomic E-state index is 5.31. The Labute approximate surface area is 396 Å². The molecule has 3 aromatic heterocycles. The zero-order valence-corrected chi connectivity index (χ0v) is 37.6. The van der Waals surface area contributed by atoms with Gasteiger partial charge >= 0.3 is 0 Å². The lowest BCUT2D eigenvalue weighted by molar-refractivity contribution is 1.06. The predicted molar refractivity (Wildman–Crippen MR) is 277 cm³/mol. The minimum absolute atomic E-state index is 0.631. The number of nitrogens with zero attached hydrogens (tertiary/aromatic N) is 6. The van der Waals surface area contributed by atoms with Crippen molar-refractivity contribution < 1.29 is 0 Å². The van der Waals surface area contributed by atoms with E-state index >= 15 is 0 Å². The molecule has 0 saturated carbocycles. The Hall–Kier alpha value is -9.00. The van der Waals surface area contributed by atoms with Gasteiger partial charge in [0.2, 0.25) is 0 Å². The Kier molecular flexibility index (Phi) is 11.3. The average molecular weight is 873 g/mol. The number of rotatable bonds is 10. The Bertz CT molecular complexity index is 3460. The molecular formula is C62H44N6. The molecule has 68 heavy (non-hydrogen) atoms. The molecule has 0 aliphatic carbocycles. The van der Waals surface area contributed by atoms with Gasteiger partial charge in [0.25, 0.3) is 0 Å². The van der Waals surface area contributed by atoms with Crippen molar-refractivity contribution in [3.63, 3.8) is 0 Å². The van der Waals surface area contributed by atoms with Crippen LogP contribution in [0.5, 0.6) is 0 Å². The second-order valence-electron chi connectivity index (χ2n) is 16.8. The molecule has 3 heterocycles. The third-order valence-corrected chi connectivity index (χ3v) is 12.1. The molecule has 0 bridgehead atoms. The van der Waals surface area contributed by atoms with E-state index in [1.165, 1.54) is 5.56 Å². The van der Waals surface area contributed by atoms with Gasteiger partial charge in [-0.1, -0.05) is 206 Å². The van der Waals surface area contributed by atoms with Crippen LogP contribution in [-0.2, 0) is 0 Å². The van der Waals surface area contributed by atoms with E-state index in [1.807, 2.05) is 92.7 Å². The van der Waals surface area contributed by atoms with Crippen molar-refractivity contribution in [3.8, 4) is 113 Å². The van der Waals surface area contributed by atoms with Crippen LogP contribution in [0.15, 0.2) is 231 Å².